The molecule has 1 aromatic carbocycles. The van der Waals surface area contributed by atoms with Crippen LogP contribution in [-0.4, -0.2) is 28.2 Å². The van der Waals surface area contributed by atoms with Gasteiger partial charge in [0.15, 0.2) is 6.10 Å². The van der Waals surface area contributed by atoms with Crippen LogP contribution in [0.2, 0.25) is 0 Å². The van der Waals surface area contributed by atoms with Gasteiger partial charge in [-0.25, -0.2) is 4.79 Å². The Bertz CT molecular complexity index is 475. The van der Waals surface area contributed by atoms with E-state index in [0.717, 1.165) is 6.07 Å². The maximum absolute atomic E-state index is 10.7. The van der Waals surface area contributed by atoms with E-state index in [-0.39, 0.29) is 15.8 Å². The highest BCUT2D eigenvalue weighted by Gasteiger charge is 2.30. The number of benzene rings is 1. The lowest BCUT2D eigenvalue weighted by Crippen LogP contribution is -2.13. The predicted octanol–water partition coefficient (Wildman–Crippen LogP) is 1.48. The molecule has 0 amide bonds. The third-order valence-electron chi connectivity index (χ3n) is 2.05. The first-order valence-corrected chi connectivity index (χ1v) is 5.11. The molecule has 1 atom stereocenters. The van der Waals surface area contributed by atoms with Gasteiger partial charge >= 0.3 is 5.97 Å². The summed E-state index contributed by atoms with van der Waals surface area (Å²) in [4.78, 5) is 20.7. The van der Waals surface area contributed by atoms with Crippen molar-refractivity contribution in [3.8, 4) is 5.75 Å². The molecule has 1 rings (SSSR count). The number of aliphatic hydroxyl groups excluding tert-OH is 1. The third-order valence-corrected chi connectivity index (χ3v) is 2.86. The number of nitro benzene ring substituents is 1. The summed E-state index contributed by atoms with van der Waals surface area (Å²) in [5.41, 5.74) is -0.838. The van der Waals surface area contributed by atoms with Crippen molar-refractivity contribution in [2.75, 3.05) is 7.11 Å². The number of carboxylic acids is 1. The van der Waals surface area contributed by atoms with Crippen LogP contribution in [0.25, 0.3) is 0 Å². The SMILES string of the molecule is COc1ccc([N+](=O)[O-])c(C(O)C(=O)O)c1Br. The number of rotatable bonds is 4. The molecule has 1 unspecified atom stereocenters. The molecule has 0 heterocycles. The summed E-state index contributed by atoms with van der Waals surface area (Å²) < 4.78 is 4.92. The van der Waals surface area contributed by atoms with Gasteiger partial charge in [0.05, 0.1) is 22.1 Å². The summed E-state index contributed by atoms with van der Waals surface area (Å²) in [6.07, 6.45) is -2.00. The van der Waals surface area contributed by atoms with Crippen LogP contribution >= 0.6 is 15.9 Å². The molecule has 0 saturated carbocycles. The summed E-state index contributed by atoms with van der Waals surface area (Å²) in [6.45, 7) is 0. The van der Waals surface area contributed by atoms with E-state index < -0.39 is 22.7 Å². The Morgan fingerprint density at radius 1 is 1.59 bits per heavy atom. The summed E-state index contributed by atoms with van der Waals surface area (Å²) in [6, 6.07) is 2.38. The molecule has 0 spiro atoms. The van der Waals surface area contributed by atoms with Crippen LogP contribution in [0.3, 0.4) is 0 Å². The Morgan fingerprint density at radius 3 is 2.59 bits per heavy atom. The summed E-state index contributed by atoms with van der Waals surface area (Å²) in [7, 11) is 1.32. The molecular formula is C9H8BrNO6. The number of aliphatic hydroxyl groups is 1. The number of carboxylic acid groups (broad SMARTS) is 1. The Labute approximate surface area is 104 Å². The van der Waals surface area contributed by atoms with E-state index in [1.165, 1.54) is 13.2 Å². The predicted molar refractivity (Wildman–Crippen MR) is 59.9 cm³/mol. The van der Waals surface area contributed by atoms with E-state index in [1.807, 2.05) is 0 Å². The van der Waals surface area contributed by atoms with Gasteiger partial charge in [-0.3, -0.25) is 10.1 Å². The molecule has 0 aliphatic heterocycles. The summed E-state index contributed by atoms with van der Waals surface area (Å²) >= 11 is 2.98. The molecule has 0 saturated heterocycles. The normalized spacial score (nSPS) is 11.9. The quantitative estimate of drug-likeness (QED) is 0.644. The van der Waals surface area contributed by atoms with Crippen molar-refractivity contribution < 1.29 is 24.7 Å². The van der Waals surface area contributed by atoms with Crippen LogP contribution in [0.15, 0.2) is 16.6 Å². The molecule has 0 aliphatic rings. The molecule has 92 valence electrons. The zero-order chi connectivity index (χ0) is 13.2. The molecular weight excluding hydrogens is 298 g/mol. The standard InChI is InChI=1S/C9H8BrNO6/c1-17-5-3-2-4(11(15)16)6(7(5)10)8(12)9(13)14/h2-3,8,12H,1H3,(H,13,14). The molecule has 0 bridgehead atoms. The fourth-order valence-corrected chi connectivity index (χ4v) is 1.98. The Kier molecular flexibility index (Phi) is 4.02. The van der Waals surface area contributed by atoms with Crippen LogP contribution in [0.5, 0.6) is 5.75 Å². The first kappa shape index (κ1) is 13.4. The molecule has 0 fully saturated rings. The van der Waals surface area contributed by atoms with Gasteiger partial charge in [-0.05, 0) is 22.0 Å². The highest BCUT2D eigenvalue weighted by atomic mass is 79.9. The second-order valence-electron chi connectivity index (χ2n) is 3.01. The van der Waals surface area contributed by atoms with Crippen molar-refractivity contribution >= 4 is 27.6 Å². The Balaban J connectivity index is 3.50. The van der Waals surface area contributed by atoms with Crippen LogP contribution < -0.4 is 4.74 Å². The third kappa shape index (κ3) is 2.53. The number of hydrogen-bond donors (Lipinski definition) is 2. The second-order valence-corrected chi connectivity index (χ2v) is 3.81. The zero-order valence-electron chi connectivity index (χ0n) is 8.58. The summed E-state index contributed by atoms with van der Waals surface area (Å²) in [5, 5.41) is 28.9. The van der Waals surface area contributed by atoms with Gasteiger partial charge in [-0.1, -0.05) is 0 Å². The minimum Gasteiger partial charge on any atom is -0.496 e. The average molecular weight is 306 g/mol. The maximum Gasteiger partial charge on any atom is 0.337 e. The number of nitrogens with zero attached hydrogens (tertiary/aromatic N) is 1. The minimum atomic E-state index is -2.00. The van der Waals surface area contributed by atoms with E-state index in [9.17, 15) is 20.0 Å². The van der Waals surface area contributed by atoms with Gasteiger partial charge in [0.2, 0.25) is 0 Å². The molecule has 7 nitrogen and oxygen atoms in total. The van der Waals surface area contributed by atoms with Crippen molar-refractivity contribution in [3.63, 3.8) is 0 Å². The van der Waals surface area contributed by atoms with E-state index in [2.05, 4.69) is 15.9 Å². The zero-order valence-corrected chi connectivity index (χ0v) is 10.2. The molecule has 0 aliphatic carbocycles. The largest absolute Gasteiger partial charge is 0.496 e. The van der Waals surface area contributed by atoms with Crippen molar-refractivity contribution in [1.82, 2.24) is 0 Å². The Hall–Kier alpha value is -1.67. The van der Waals surface area contributed by atoms with E-state index in [1.54, 1.807) is 0 Å². The lowest BCUT2D eigenvalue weighted by molar-refractivity contribution is -0.386. The monoisotopic (exact) mass is 305 g/mol. The van der Waals surface area contributed by atoms with Crippen molar-refractivity contribution in [2.45, 2.75) is 6.10 Å². The molecule has 17 heavy (non-hydrogen) atoms. The fourth-order valence-electron chi connectivity index (χ4n) is 1.26. The molecule has 0 aromatic heterocycles. The summed E-state index contributed by atoms with van der Waals surface area (Å²) in [5.74, 6) is -1.38. The maximum atomic E-state index is 10.7. The highest BCUT2D eigenvalue weighted by Crippen LogP contribution is 2.38. The van der Waals surface area contributed by atoms with Gasteiger partial charge in [0.1, 0.15) is 5.75 Å². The number of ether oxygens (including phenoxy) is 1. The molecule has 2 N–H and O–H groups in total. The van der Waals surface area contributed by atoms with Gasteiger partial charge in [-0.15, -0.1) is 0 Å². The van der Waals surface area contributed by atoms with Crippen molar-refractivity contribution in [3.05, 3.63) is 32.3 Å². The number of carbonyl (C=O) groups is 1. The van der Waals surface area contributed by atoms with Gasteiger partial charge in [-0.2, -0.15) is 0 Å². The smallest absolute Gasteiger partial charge is 0.337 e. The van der Waals surface area contributed by atoms with Crippen LogP contribution in [0, 0.1) is 10.1 Å². The van der Waals surface area contributed by atoms with E-state index in [0.29, 0.717) is 0 Å². The number of methoxy groups -OCH3 is 1. The molecule has 0 radical (unpaired) electrons. The number of nitro groups is 1. The van der Waals surface area contributed by atoms with Crippen LogP contribution in [0.1, 0.15) is 11.7 Å². The second kappa shape index (κ2) is 5.11. The van der Waals surface area contributed by atoms with Crippen molar-refractivity contribution in [1.29, 1.82) is 0 Å². The molecule has 8 heteroatoms. The van der Waals surface area contributed by atoms with E-state index in [4.69, 9.17) is 9.84 Å². The van der Waals surface area contributed by atoms with Crippen LogP contribution in [0.4, 0.5) is 5.69 Å². The van der Waals surface area contributed by atoms with E-state index >= 15 is 0 Å². The van der Waals surface area contributed by atoms with Gasteiger partial charge in [0, 0.05) is 6.07 Å². The van der Waals surface area contributed by atoms with Gasteiger partial charge in [0.25, 0.3) is 5.69 Å². The average Bonchev–Trinajstić information content (AvgIpc) is 2.27. The first-order valence-electron chi connectivity index (χ1n) is 4.31. The topological polar surface area (TPSA) is 110 Å². The number of aliphatic carboxylic acids is 1. The minimum absolute atomic E-state index is 0.0455. The lowest BCUT2D eigenvalue weighted by Gasteiger charge is -2.11. The molecule has 1 aromatic rings. The van der Waals surface area contributed by atoms with Crippen molar-refractivity contribution in [2.24, 2.45) is 0 Å². The fraction of sp³-hybridized carbons (Fsp3) is 0.222. The number of halogens is 1. The highest BCUT2D eigenvalue weighted by molar-refractivity contribution is 9.10. The van der Waals surface area contributed by atoms with Crippen LogP contribution in [-0.2, 0) is 4.79 Å². The van der Waals surface area contributed by atoms with Gasteiger partial charge < -0.3 is 14.9 Å². The first-order chi connectivity index (χ1) is 7.90. The number of hydrogen-bond acceptors (Lipinski definition) is 5. The lowest BCUT2D eigenvalue weighted by atomic mass is 10.1. The Morgan fingerprint density at radius 2 is 2.18 bits per heavy atom.